The number of ether oxygens (including phenoxy) is 1. The van der Waals surface area contributed by atoms with Gasteiger partial charge in [0.1, 0.15) is 11.4 Å². The summed E-state index contributed by atoms with van der Waals surface area (Å²) in [6, 6.07) is 7.39. The van der Waals surface area contributed by atoms with Crippen molar-refractivity contribution in [3.8, 4) is 10.6 Å². The third kappa shape index (κ3) is 3.41. The maximum absolute atomic E-state index is 13.8. The predicted octanol–water partition coefficient (Wildman–Crippen LogP) is 4.15. The molecule has 35 heavy (non-hydrogen) atoms. The average molecular weight is 495 g/mol. The van der Waals surface area contributed by atoms with E-state index in [9.17, 15) is 13.6 Å². The van der Waals surface area contributed by atoms with Crippen LogP contribution < -0.4 is 5.32 Å². The SMILES string of the molecule is Cc1cnc(Nc2ccnn2C)nc1-c1cc2c(s1)C1(COC1)N(Cc1ccc(F)c(F)c1)C2=O. The third-order valence-corrected chi connectivity index (χ3v) is 7.75. The van der Waals surface area contributed by atoms with Crippen LogP contribution in [0, 0.1) is 18.6 Å². The second-order valence-electron chi connectivity index (χ2n) is 8.71. The van der Waals surface area contributed by atoms with Crippen molar-refractivity contribution in [2.24, 2.45) is 7.05 Å². The van der Waals surface area contributed by atoms with Gasteiger partial charge < -0.3 is 15.0 Å². The van der Waals surface area contributed by atoms with Gasteiger partial charge in [-0.1, -0.05) is 6.07 Å². The molecule has 178 valence electrons. The number of amides is 1. The molecule has 3 aromatic heterocycles. The summed E-state index contributed by atoms with van der Waals surface area (Å²) < 4.78 is 34.4. The molecule has 0 saturated carbocycles. The number of nitrogens with zero attached hydrogens (tertiary/aromatic N) is 5. The van der Waals surface area contributed by atoms with Gasteiger partial charge in [0.25, 0.3) is 5.91 Å². The van der Waals surface area contributed by atoms with Crippen molar-refractivity contribution in [2.75, 3.05) is 18.5 Å². The lowest BCUT2D eigenvalue weighted by Gasteiger charge is -2.45. The second kappa shape index (κ2) is 7.92. The number of carbonyl (C=O) groups is 1. The van der Waals surface area contributed by atoms with Crippen molar-refractivity contribution in [1.29, 1.82) is 0 Å². The molecule has 0 bridgehead atoms. The lowest BCUT2D eigenvalue weighted by molar-refractivity contribution is -0.126. The molecule has 2 aliphatic rings. The Morgan fingerprint density at radius 2 is 2.03 bits per heavy atom. The minimum Gasteiger partial charge on any atom is -0.376 e. The number of thiophene rings is 1. The zero-order chi connectivity index (χ0) is 24.3. The van der Waals surface area contributed by atoms with Gasteiger partial charge in [-0.2, -0.15) is 5.10 Å². The fraction of sp³-hybridized carbons (Fsp3) is 0.250. The van der Waals surface area contributed by atoms with Crippen LogP contribution in [0.4, 0.5) is 20.5 Å². The molecule has 1 N–H and O–H groups in total. The van der Waals surface area contributed by atoms with E-state index in [-0.39, 0.29) is 12.5 Å². The summed E-state index contributed by atoms with van der Waals surface area (Å²) in [6.07, 6.45) is 3.42. The zero-order valence-corrected chi connectivity index (χ0v) is 19.7. The molecule has 4 aromatic rings. The topological polar surface area (TPSA) is 85.2 Å². The summed E-state index contributed by atoms with van der Waals surface area (Å²) in [5, 5.41) is 7.30. The number of halogens is 2. The number of nitrogens with one attached hydrogen (secondary N) is 1. The first-order valence-electron chi connectivity index (χ1n) is 10.9. The van der Waals surface area contributed by atoms with Gasteiger partial charge in [0.2, 0.25) is 5.95 Å². The Labute approximate surface area is 203 Å². The Bertz CT molecular complexity index is 1480. The van der Waals surface area contributed by atoms with Crippen LogP contribution in [-0.4, -0.2) is 43.8 Å². The van der Waals surface area contributed by atoms with E-state index in [1.807, 2.05) is 26.1 Å². The summed E-state index contributed by atoms with van der Waals surface area (Å²) in [5.41, 5.74) is 2.12. The number of fused-ring (bicyclic) bond motifs is 2. The number of hydrogen-bond acceptors (Lipinski definition) is 7. The first-order valence-corrected chi connectivity index (χ1v) is 11.7. The van der Waals surface area contributed by atoms with Gasteiger partial charge in [-0.25, -0.2) is 18.7 Å². The molecule has 8 nitrogen and oxygen atoms in total. The Morgan fingerprint density at radius 3 is 2.71 bits per heavy atom. The number of rotatable bonds is 5. The minimum atomic E-state index is -0.931. The highest BCUT2D eigenvalue weighted by atomic mass is 32.1. The van der Waals surface area contributed by atoms with Crippen molar-refractivity contribution >= 4 is 29.0 Å². The predicted molar refractivity (Wildman–Crippen MR) is 125 cm³/mol. The van der Waals surface area contributed by atoms with E-state index in [4.69, 9.17) is 9.72 Å². The van der Waals surface area contributed by atoms with Gasteiger partial charge >= 0.3 is 0 Å². The lowest BCUT2D eigenvalue weighted by atomic mass is 9.94. The molecule has 0 radical (unpaired) electrons. The van der Waals surface area contributed by atoms with E-state index in [1.165, 1.54) is 17.4 Å². The standard InChI is InChI=1S/C24H20F2N6O2S/c1-13-9-27-23(29-19-5-6-28-31(19)2)30-20(13)18-8-15-21(35-18)24(11-34-12-24)32(22(15)33)10-14-3-4-16(25)17(26)7-14/h3-9H,10-12H2,1-2H3,(H,27,29,30). The van der Waals surface area contributed by atoms with Crippen LogP contribution in [0.25, 0.3) is 10.6 Å². The number of aromatic nitrogens is 4. The molecule has 1 aromatic carbocycles. The number of benzene rings is 1. The first kappa shape index (κ1) is 21.8. The molecule has 1 spiro atoms. The number of hydrogen-bond donors (Lipinski definition) is 1. The van der Waals surface area contributed by atoms with Crippen molar-refractivity contribution in [2.45, 2.75) is 19.0 Å². The number of anilines is 2. The smallest absolute Gasteiger partial charge is 0.256 e. The van der Waals surface area contributed by atoms with Crippen LogP contribution in [0.1, 0.15) is 26.4 Å². The molecule has 1 fully saturated rings. The molecule has 1 amide bonds. The summed E-state index contributed by atoms with van der Waals surface area (Å²) in [5.74, 6) is -0.822. The third-order valence-electron chi connectivity index (χ3n) is 6.42. The van der Waals surface area contributed by atoms with E-state index >= 15 is 0 Å². The van der Waals surface area contributed by atoms with Crippen molar-refractivity contribution in [3.05, 3.63) is 75.9 Å². The molecule has 0 atom stereocenters. The van der Waals surface area contributed by atoms with E-state index < -0.39 is 17.2 Å². The van der Waals surface area contributed by atoms with Crippen LogP contribution >= 0.6 is 11.3 Å². The van der Waals surface area contributed by atoms with E-state index in [1.54, 1.807) is 22.0 Å². The highest BCUT2D eigenvalue weighted by Gasteiger charge is 2.56. The molecular weight excluding hydrogens is 474 g/mol. The average Bonchev–Trinajstić information content (AvgIpc) is 3.47. The Hall–Kier alpha value is -3.70. The summed E-state index contributed by atoms with van der Waals surface area (Å²) in [7, 11) is 1.82. The van der Waals surface area contributed by atoms with Crippen LogP contribution in [0.3, 0.4) is 0 Å². The molecule has 6 rings (SSSR count). The summed E-state index contributed by atoms with van der Waals surface area (Å²) >= 11 is 1.50. The van der Waals surface area contributed by atoms with Crippen LogP contribution in [0.5, 0.6) is 0 Å². The Kier molecular flexibility index (Phi) is 4.94. The maximum atomic E-state index is 13.8. The largest absolute Gasteiger partial charge is 0.376 e. The van der Waals surface area contributed by atoms with Gasteiger partial charge in [-0.15, -0.1) is 11.3 Å². The highest BCUT2D eigenvalue weighted by molar-refractivity contribution is 7.16. The lowest BCUT2D eigenvalue weighted by Crippen LogP contribution is -2.56. The second-order valence-corrected chi connectivity index (χ2v) is 9.76. The summed E-state index contributed by atoms with van der Waals surface area (Å²) in [4.78, 5) is 26.0. The zero-order valence-electron chi connectivity index (χ0n) is 18.9. The maximum Gasteiger partial charge on any atom is 0.256 e. The quantitative estimate of drug-likeness (QED) is 0.449. The van der Waals surface area contributed by atoms with Crippen LogP contribution in [-0.2, 0) is 23.9 Å². The van der Waals surface area contributed by atoms with Crippen molar-refractivity contribution in [1.82, 2.24) is 24.6 Å². The number of carbonyl (C=O) groups excluding carboxylic acids is 1. The molecule has 1 saturated heterocycles. The van der Waals surface area contributed by atoms with Gasteiger partial charge in [0.15, 0.2) is 11.6 Å². The van der Waals surface area contributed by atoms with Gasteiger partial charge in [-0.05, 0) is 36.2 Å². The fourth-order valence-electron chi connectivity index (χ4n) is 4.46. The minimum absolute atomic E-state index is 0.157. The fourth-order valence-corrected chi connectivity index (χ4v) is 5.84. The van der Waals surface area contributed by atoms with Gasteiger partial charge in [0, 0.05) is 30.7 Å². The Balaban J connectivity index is 1.34. The van der Waals surface area contributed by atoms with E-state index in [0.717, 1.165) is 39.0 Å². The van der Waals surface area contributed by atoms with E-state index in [0.29, 0.717) is 30.3 Å². The normalized spacial score (nSPS) is 16.0. The molecule has 0 unspecified atom stereocenters. The highest BCUT2D eigenvalue weighted by Crippen LogP contribution is 2.50. The Morgan fingerprint density at radius 1 is 1.20 bits per heavy atom. The molecule has 2 aliphatic heterocycles. The summed E-state index contributed by atoms with van der Waals surface area (Å²) in [6.45, 7) is 2.80. The van der Waals surface area contributed by atoms with E-state index in [2.05, 4.69) is 15.4 Å². The molecule has 5 heterocycles. The molecule has 11 heteroatoms. The van der Waals surface area contributed by atoms with Crippen LogP contribution in [0.2, 0.25) is 0 Å². The van der Waals surface area contributed by atoms with Gasteiger partial charge in [0.05, 0.1) is 35.5 Å². The first-order chi connectivity index (χ1) is 16.9. The van der Waals surface area contributed by atoms with Crippen LogP contribution in [0.15, 0.2) is 42.7 Å². The van der Waals surface area contributed by atoms with Crippen molar-refractivity contribution < 1.29 is 18.3 Å². The van der Waals surface area contributed by atoms with Crippen molar-refractivity contribution in [3.63, 3.8) is 0 Å². The molecule has 0 aliphatic carbocycles. The monoisotopic (exact) mass is 494 g/mol. The number of aryl methyl sites for hydroxylation is 2. The van der Waals surface area contributed by atoms with Gasteiger partial charge in [-0.3, -0.25) is 9.48 Å². The molecular formula is C24H20F2N6O2S.